The molecule has 1 fully saturated rings. The topological polar surface area (TPSA) is 15.3 Å². The Morgan fingerprint density at radius 2 is 1.94 bits per heavy atom. The summed E-state index contributed by atoms with van der Waals surface area (Å²) in [4.78, 5) is 2.63. The van der Waals surface area contributed by atoms with Crippen LogP contribution in [0.1, 0.15) is 53.4 Å². The average Bonchev–Trinajstić information content (AvgIpc) is 2.31. The highest BCUT2D eigenvalue weighted by Gasteiger charge is 2.21. The number of nitrogens with zero attached hydrogens (tertiary/aromatic N) is 1. The second-order valence-electron chi connectivity index (χ2n) is 5.52. The minimum Gasteiger partial charge on any atom is -0.314 e. The Kier molecular flexibility index (Phi) is 6.37. The van der Waals surface area contributed by atoms with E-state index in [0.717, 1.165) is 18.0 Å². The van der Waals surface area contributed by atoms with E-state index in [0.29, 0.717) is 0 Å². The molecule has 1 heterocycles. The van der Waals surface area contributed by atoms with Crippen molar-refractivity contribution in [1.29, 1.82) is 0 Å². The zero-order valence-corrected chi connectivity index (χ0v) is 11.6. The molecule has 0 bridgehead atoms. The predicted molar refractivity (Wildman–Crippen MR) is 71.8 cm³/mol. The van der Waals surface area contributed by atoms with Gasteiger partial charge in [-0.25, -0.2) is 0 Å². The number of nitrogens with one attached hydrogen (secondary N) is 1. The lowest BCUT2D eigenvalue weighted by atomic mass is 9.96. The van der Waals surface area contributed by atoms with Crippen LogP contribution < -0.4 is 5.32 Å². The Bertz CT molecular complexity index is 176. The van der Waals surface area contributed by atoms with Crippen molar-refractivity contribution >= 4 is 0 Å². The Morgan fingerprint density at radius 3 is 2.50 bits per heavy atom. The fourth-order valence-electron chi connectivity index (χ4n) is 2.64. The van der Waals surface area contributed by atoms with Crippen molar-refractivity contribution in [3.05, 3.63) is 0 Å². The predicted octanol–water partition coefficient (Wildman–Crippen LogP) is 2.89. The third-order valence-corrected chi connectivity index (χ3v) is 3.96. The maximum atomic E-state index is 3.72. The molecule has 1 rings (SSSR count). The SMILES string of the molecule is CCC(CC)NCC1CCCN(C(C)C)C1. The van der Waals surface area contributed by atoms with E-state index < -0.39 is 0 Å². The van der Waals surface area contributed by atoms with Gasteiger partial charge >= 0.3 is 0 Å². The third kappa shape index (κ3) is 4.42. The van der Waals surface area contributed by atoms with E-state index in [1.165, 1.54) is 45.3 Å². The highest BCUT2D eigenvalue weighted by Crippen LogP contribution is 2.18. The molecular formula is C14H30N2. The molecule has 0 saturated carbocycles. The van der Waals surface area contributed by atoms with Crippen LogP contribution in [0.3, 0.4) is 0 Å². The molecule has 0 radical (unpaired) electrons. The Morgan fingerprint density at radius 1 is 1.25 bits per heavy atom. The fraction of sp³-hybridized carbons (Fsp3) is 1.00. The van der Waals surface area contributed by atoms with Gasteiger partial charge < -0.3 is 10.2 Å². The monoisotopic (exact) mass is 226 g/mol. The lowest BCUT2D eigenvalue weighted by molar-refractivity contribution is 0.136. The zero-order valence-electron chi connectivity index (χ0n) is 11.6. The summed E-state index contributed by atoms with van der Waals surface area (Å²) in [7, 11) is 0. The molecule has 1 aliphatic heterocycles. The number of hydrogen-bond acceptors (Lipinski definition) is 2. The second-order valence-corrected chi connectivity index (χ2v) is 5.52. The van der Waals surface area contributed by atoms with Gasteiger partial charge in [0.15, 0.2) is 0 Å². The van der Waals surface area contributed by atoms with Crippen LogP contribution in [-0.4, -0.2) is 36.6 Å². The number of hydrogen-bond donors (Lipinski definition) is 1. The molecule has 1 N–H and O–H groups in total. The Balaban J connectivity index is 2.26. The summed E-state index contributed by atoms with van der Waals surface area (Å²) in [6.07, 6.45) is 5.32. The van der Waals surface area contributed by atoms with Gasteiger partial charge in [0.1, 0.15) is 0 Å². The van der Waals surface area contributed by atoms with Gasteiger partial charge in [0.05, 0.1) is 0 Å². The van der Waals surface area contributed by atoms with Gasteiger partial charge in [-0.15, -0.1) is 0 Å². The molecule has 1 unspecified atom stereocenters. The van der Waals surface area contributed by atoms with E-state index in [9.17, 15) is 0 Å². The van der Waals surface area contributed by atoms with E-state index in [1.54, 1.807) is 0 Å². The minimum absolute atomic E-state index is 0.718. The maximum Gasteiger partial charge on any atom is 0.00619 e. The van der Waals surface area contributed by atoms with Gasteiger partial charge in [-0.3, -0.25) is 0 Å². The summed E-state index contributed by atoms with van der Waals surface area (Å²) in [5, 5.41) is 3.72. The highest BCUT2D eigenvalue weighted by molar-refractivity contribution is 4.77. The second kappa shape index (κ2) is 7.29. The highest BCUT2D eigenvalue weighted by atomic mass is 15.2. The van der Waals surface area contributed by atoms with E-state index >= 15 is 0 Å². The summed E-state index contributed by atoms with van der Waals surface area (Å²) < 4.78 is 0. The van der Waals surface area contributed by atoms with Crippen LogP contribution in [0, 0.1) is 5.92 Å². The van der Waals surface area contributed by atoms with Crippen molar-refractivity contribution in [2.75, 3.05) is 19.6 Å². The summed E-state index contributed by atoms with van der Waals surface area (Å²) in [6, 6.07) is 1.45. The van der Waals surface area contributed by atoms with Crippen molar-refractivity contribution in [1.82, 2.24) is 10.2 Å². The normalized spacial score (nSPS) is 23.2. The fourth-order valence-corrected chi connectivity index (χ4v) is 2.64. The molecule has 0 aromatic carbocycles. The van der Waals surface area contributed by atoms with E-state index in [2.05, 4.69) is 37.9 Å². The molecule has 1 atom stereocenters. The van der Waals surface area contributed by atoms with Crippen LogP contribution >= 0.6 is 0 Å². The van der Waals surface area contributed by atoms with Gasteiger partial charge in [0.2, 0.25) is 0 Å². The smallest absolute Gasteiger partial charge is 0.00619 e. The van der Waals surface area contributed by atoms with Gasteiger partial charge in [0.25, 0.3) is 0 Å². The Labute approximate surface area is 102 Å². The van der Waals surface area contributed by atoms with Gasteiger partial charge in [-0.2, -0.15) is 0 Å². The van der Waals surface area contributed by atoms with Crippen molar-refractivity contribution in [3.63, 3.8) is 0 Å². The van der Waals surface area contributed by atoms with Gasteiger partial charge in [-0.05, 0) is 58.5 Å². The van der Waals surface area contributed by atoms with Gasteiger partial charge in [0, 0.05) is 18.6 Å². The molecule has 0 aliphatic carbocycles. The van der Waals surface area contributed by atoms with Crippen LogP contribution in [0.4, 0.5) is 0 Å². The Hall–Kier alpha value is -0.0800. The van der Waals surface area contributed by atoms with Crippen LogP contribution in [0.2, 0.25) is 0 Å². The summed E-state index contributed by atoms with van der Waals surface area (Å²) in [5.41, 5.74) is 0. The standard InChI is InChI=1S/C14H30N2/c1-5-14(6-2)15-10-13-8-7-9-16(11-13)12(3)4/h12-15H,5-11H2,1-4H3. The van der Waals surface area contributed by atoms with Crippen molar-refractivity contribution in [3.8, 4) is 0 Å². The first kappa shape index (κ1) is 14.0. The van der Waals surface area contributed by atoms with Gasteiger partial charge in [-0.1, -0.05) is 13.8 Å². The van der Waals surface area contributed by atoms with E-state index in [1.807, 2.05) is 0 Å². The molecular weight excluding hydrogens is 196 g/mol. The molecule has 0 spiro atoms. The van der Waals surface area contributed by atoms with Crippen LogP contribution in [0.15, 0.2) is 0 Å². The summed E-state index contributed by atoms with van der Waals surface area (Å²) >= 11 is 0. The minimum atomic E-state index is 0.718. The molecule has 2 nitrogen and oxygen atoms in total. The average molecular weight is 226 g/mol. The number of rotatable bonds is 6. The molecule has 1 saturated heterocycles. The van der Waals surface area contributed by atoms with E-state index in [4.69, 9.17) is 0 Å². The summed E-state index contributed by atoms with van der Waals surface area (Å²) in [5.74, 6) is 0.872. The molecule has 2 heteroatoms. The first-order valence-electron chi connectivity index (χ1n) is 7.14. The first-order chi connectivity index (χ1) is 7.67. The summed E-state index contributed by atoms with van der Waals surface area (Å²) in [6.45, 7) is 13.0. The zero-order chi connectivity index (χ0) is 12.0. The molecule has 1 aliphatic rings. The molecule has 0 aromatic rings. The molecule has 0 aromatic heterocycles. The lowest BCUT2D eigenvalue weighted by Crippen LogP contribution is -2.44. The van der Waals surface area contributed by atoms with Crippen molar-refractivity contribution in [2.45, 2.75) is 65.5 Å². The largest absolute Gasteiger partial charge is 0.314 e. The molecule has 96 valence electrons. The number of piperidine rings is 1. The maximum absolute atomic E-state index is 3.72. The van der Waals surface area contributed by atoms with Crippen molar-refractivity contribution < 1.29 is 0 Å². The van der Waals surface area contributed by atoms with Crippen LogP contribution in [0.25, 0.3) is 0 Å². The van der Waals surface area contributed by atoms with Crippen LogP contribution in [-0.2, 0) is 0 Å². The van der Waals surface area contributed by atoms with Crippen LogP contribution in [0.5, 0.6) is 0 Å². The third-order valence-electron chi connectivity index (χ3n) is 3.96. The molecule has 0 amide bonds. The van der Waals surface area contributed by atoms with Crippen molar-refractivity contribution in [2.24, 2.45) is 5.92 Å². The first-order valence-corrected chi connectivity index (χ1v) is 7.14. The molecule has 16 heavy (non-hydrogen) atoms. The quantitative estimate of drug-likeness (QED) is 0.749. The van der Waals surface area contributed by atoms with E-state index in [-0.39, 0.29) is 0 Å². The lowest BCUT2D eigenvalue weighted by Gasteiger charge is -2.36. The number of likely N-dealkylation sites (tertiary alicyclic amines) is 1.